The van der Waals surface area contributed by atoms with Gasteiger partial charge < -0.3 is 208 Å². The minimum absolute atomic E-state index is 0.516. The van der Waals surface area contributed by atoms with E-state index < -0.39 is 317 Å². The molecule has 558 valence electrons. The fraction of sp³-hybridized carbons (Fsp3) is 0.981. The number of ether oxygens (including phenoxy) is 18. The zero-order chi connectivity index (χ0) is 70.2. The Morgan fingerprint density at radius 2 is 0.646 bits per heavy atom. The average Bonchev–Trinajstić information content (AvgIpc) is 0.789. The molecule has 42 atom stereocenters. The van der Waals surface area contributed by atoms with Gasteiger partial charge >= 0.3 is 5.97 Å². The highest BCUT2D eigenvalue weighted by molar-refractivity contribution is 5.65. The number of carbonyl (C=O) groups is 1. The second-order valence-electron chi connectivity index (χ2n) is 24.6. The Kier molecular flexibility index (Phi) is 27.2. The first-order chi connectivity index (χ1) is 45.3. The molecule has 96 heavy (non-hydrogen) atoms. The van der Waals surface area contributed by atoms with E-state index in [1.165, 1.54) is 6.92 Å². The predicted molar refractivity (Wildman–Crippen MR) is 287 cm³/mol. The van der Waals surface area contributed by atoms with Crippen molar-refractivity contribution in [2.24, 2.45) is 0 Å². The zero-order valence-electron chi connectivity index (χ0n) is 50.9. The van der Waals surface area contributed by atoms with Gasteiger partial charge in [0.25, 0.3) is 0 Å². The van der Waals surface area contributed by atoms with E-state index in [4.69, 9.17) is 85.3 Å². The van der Waals surface area contributed by atoms with Crippen molar-refractivity contribution in [3.8, 4) is 0 Å². The van der Waals surface area contributed by atoms with Crippen molar-refractivity contribution in [3.63, 3.8) is 0 Å². The van der Waals surface area contributed by atoms with Gasteiger partial charge in [0.15, 0.2) is 56.6 Å². The van der Waals surface area contributed by atoms with Crippen molar-refractivity contribution in [1.29, 1.82) is 0 Å². The van der Waals surface area contributed by atoms with Gasteiger partial charge in [0.05, 0.1) is 52.4 Å². The fourth-order valence-electron chi connectivity index (χ4n) is 11.9. The summed E-state index contributed by atoms with van der Waals surface area (Å²) in [5, 5.41) is 262. The summed E-state index contributed by atoms with van der Waals surface area (Å²) in [6.07, 6.45) is -83.5. The van der Waals surface area contributed by atoms with Crippen LogP contribution < -0.4 is 0 Å². The third-order valence-corrected chi connectivity index (χ3v) is 17.8. The van der Waals surface area contributed by atoms with Crippen LogP contribution in [-0.2, 0) is 90.1 Å². The molecule has 24 N–H and O–H groups in total. The monoisotopic (exact) mass is 1410 g/mol. The molecule has 9 fully saturated rings. The first kappa shape index (κ1) is 78.0. The van der Waals surface area contributed by atoms with Gasteiger partial charge in [0.1, 0.15) is 202 Å². The summed E-state index contributed by atoms with van der Waals surface area (Å²) in [5.74, 6) is -0.885. The number of aliphatic hydroxyl groups excluding tert-OH is 24. The van der Waals surface area contributed by atoms with Crippen molar-refractivity contribution in [1.82, 2.24) is 0 Å². The number of esters is 1. The lowest BCUT2D eigenvalue weighted by Gasteiger charge is -2.49. The Morgan fingerprint density at radius 1 is 0.312 bits per heavy atom. The highest BCUT2D eigenvalue weighted by atomic mass is 16.8. The molecule has 0 unspecified atom stereocenters. The van der Waals surface area contributed by atoms with Gasteiger partial charge in [-0.25, -0.2) is 0 Å². The number of hydrogen-bond donors (Lipinski definition) is 24. The van der Waals surface area contributed by atoms with Gasteiger partial charge in [-0.05, 0) is 6.92 Å². The van der Waals surface area contributed by atoms with Gasteiger partial charge in [-0.3, -0.25) is 4.79 Å². The molecule has 9 aliphatic rings. The van der Waals surface area contributed by atoms with Crippen LogP contribution in [0.2, 0.25) is 0 Å². The third kappa shape index (κ3) is 17.0. The molecule has 0 radical (unpaired) electrons. The van der Waals surface area contributed by atoms with Crippen LogP contribution in [0.3, 0.4) is 0 Å². The number of hydrogen-bond acceptors (Lipinski definition) is 43. The van der Waals surface area contributed by atoms with Crippen LogP contribution >= 0.6 is 0 Å². The van der Waals surface area contributed by atoms with Gasteiger partial charge in [-0.15, -0.1) is 0 Å². The van der Waals surface area contributed by atoms with E-state index in [2.05, 4.69) is 0 Å². The topological polar surface area (TPSA) is 669 Å². The standard InChI is InChI=1S/C53H88O43/c1-11-21(59)27(65)36(74)48(86-11)95-44-29(67)26(64)17(7-79-12(2)55)89-53(44)96-43-24(62)15(58)6-82-52(43)85-10-20-42(31(69)38(76)50(91-20)92-40-16(3-54)87-45(78)33(71)30(40)68)94-51-39(77)32(70)41(19(90-51)9-84-47-35(73)23(61)14(57)5-81-47)93-49-37(75)28(66)25(63)18(88-49)8-83-46-34(72)22(60)13(56)4-80-46/h11,13-54,56-78H,3-10H2,1-2H3/t11-,13+,14+,15+,16+,17+,18+,19+,20+,21+,22-,23-,24-,25+,26-,27+,28-,29-,30+,31+,32+,33+,34+,35+,36-,37+,38+,39+,40+,41+,42+,43+,44+,45+,46+,47+,48-,49-,50-,51-,52+,53-/m0/s1. The first-order valence-electron chi connectivity index (χ1n) is 30.6. The zero-order valence-corrected chi connectivity index (χ0v) is 50.9. The molecule has 0 saturated carbocycles. The Bertz CT molecular complexity index is 2400. The smallest absolute Gasteiger partial charge is 0.302 e. The Labute approximate surface area is 542 Å². The summed E-state index contributed by atoms with van der Waals surface area (Å²) in [7, 11) is 0. The predicted octanol–water partition coefficient (Wildman–Crippen LogP) is -17.1. The molecule has 9 aliphatic heterocycles. The Balaban J connectivity index is 0.993. The SMILES string of the molecule is CC(=O)OC[C@H]1O[C@@H](O[C@H]2[C@@H](OC[C@H]3O[C@@H](O[C@H]4[C@H](O)[C@@H](O)[C@H](O)O[C@@H]4CO)[C@H](O)[C@@H](O)[C@@H]3O[C@@H]3O[C@H](CO[C@H]4OC[C@@H](O)[C@H](O)[C@H]4O)[C@@H](O[C@@H]4O[C@H](CO[C@H]5OC[C@@H](O)[C@H](O)[C@H]5O)[C@@H](O)[C@H](O)[C@H]4O)[C@H](O)[C@H]3O)OC[C@@H](O)[C@@H]2O)[C@H](O[C@@H]2O[C@@H](C)[C@@H](O)[C@@H](O)[C@@H]2O)[C@@H](O)[C@H]1O. The van der Waals surface area contributed by atoms with E-state index >= 15 is 0 Å². The second-order valence-corrected chi connectivity index (χ2v) is 24.6. The minimum Gasteiger partial charge on any atom is -0.463 e. The quantitative estimate of drug-likeness (QED) is 0.0448. The average molecular weight is 1410 g/mol. The summed E-state index contributed by atoms with van der Waals surface area (Å²) in [5.41, 5.74) is 0. The Hall–Kier alpha value is -2.17. The lowest BCUT2D eigenvalue weighted by molar-refractivity contribution is -0.398. The molecule has 9 rings (SSSR count). The van der Waals surface area contributed by atoms with E-state index in [1.54, 1.807) is 0 Å². The Morgan fingerprint density at radius 3 is 1.15 bits per heavy atom. The van der Waals surface area contributed by atoms with Gasteiger partial charge in [-0.1, -0.05) is 0 Å². The van der Waals surface area contributed by atoms with Gasteiger partial charge in [-0.2, -0.15) is 0 Å². The summed E-state index contributed by atoms with van der Waals surface area (Å²) in [4.78, 5) is 11.9. The molecule has 0 aromatic heterocycles. The lowest BCUT2D eigenvalue weighted by Crippen LogP contribution is -2.68. The molecule has 9 saturated heterocycles. The minimum atomic E-state index is -2.44. The second kappa shape index (κ2) is 33.5. The van der Waals surface area contributed by atoms with Crippen LogP contribution in [0.4, 0.5) is 0 Å². The lowest BCUT2D eigenvalue weighted by atomic mass is 9.95. The van der Waals surface area contributed by atoms with Gasteiger partial charge in [0, 0.05) is 6.92 Å². The summed E-state index contributed by atoms with van der Waals surface area (Å²) >= 11 is 0. The van der Waals surface area contributed by atoms with E-state index in [0.29, 0.717) is 0 Å². The molecular formula is C53H88O43. The highest BCUT2D eigenvalue weighted by Crippen LogP contribution is 2.38. The molecule has 43 heteroatoms. The number of rotatable bonds is 22. The van der Waals surface area contributed by atoms with Crippen molar-refractivity contribution >= 4 is 5.97 Å². The van der Waals surface area contributed by atoms with Crippen LogP contribution in [0, 0.1) is 0 Å². The van der Waals surface area contributed by atoms with E-state index in [9.17, 15) is 127 Å². The molecular weight excluding hydrogens is 1320 g/mol. The summed E-state index contributed by atoms with van der Waals surface area (Å²) in [6, 6.07) is 0. The molecule has 0 amide bonds. The van der Waals surface area contributed by atoms with Crippen LogP contribution in [-0.4, -0.2) is 439 Å². The van der Waals surface area contributed by atoms with Crippen LogP contribution in [0.15, 0.2) is 0 Å². The highest BCUT2D eigenvalue weighted by Gasteiger charge is 2.59. The number of carbonyl (C=O) groups excluding carboxylic acids is 1. The molecule has 9 heterocycles. The van der Waals surface area contributed by atoms with Crippen LogP contribution in [0.1, 0.15) is 13.8 Å². The number of aliphatic hydroxyl groups is 24. The van der Waals surface area contributed by atoms with E-state index in [-0.39, 0.29) is 0 Å². The molecule has 0 aromatic rings. The molecule has 0 spiro atoms. The fourth-order valence-corrected chi connectivity index (χ4v) is 11.9. The summed E-state index contributed by atoms with van der Waals surface area (Å²) in [6.45, 7) is -4.27. The van der Waals surface area contributed by atoms with E-state index in [0.717, 1.165) is 6.92 Å². The first-order valence-corrected chi connectivity index (χ1v) is 30.6. The van der Waals surface area contributed by atoms with Crippen LogP contribution in [0.5, 0.6) is 0 Å². The van der Waals surface area contributed by atoms with Crippen molar-refractivity contribution in [2.45, 2.75) is 272 Å². The normalized spacial score (nSPS) is 53.0. The third-order valence-electron chi connectivity index (χ3n) is 17.8. The molecule has 43 nitrogen and oxygen atoms in total. The summed E-state index contributed by atoms with van der Waals surface area (Å²) < 4.78 is 103. The van der Waals surface area contributed by atoms with Gasteiger partial charge in [0.2, 0.25) is 0 Å². The van der Waals surface area contributed by atoms with Crippen LogP contribution in [0.25, 0.3) is 0 Å². The molecule has 0 aliphatic carbocycles. The molecule has 0 bridgehead atoms. The molecule has 0 aromatic carbocycles. The van der Waals surface area contributed by atoms with Crippen molar-refractivity contribution in [2.75, 3.05) is 52.9 Å². The maximum atomic E-state index is 12.1. The maximum Gasteiger partial charge on any atom is 0.302 e. The van der Waals surface area contributed by atoms with Crippen molar-refractivity contribution in [3.05, 3.63) is 0 Å². The van der Waals surface area contributed by atoms with Crippen molar-refractivity contribution < 1.29 is 213 Å². The largest absolute Gasteiger partial charge is 0.463 e. The maximum absolute atomic E-state index is 12.1. The van der Waals surface area contributed by atoms with E-state index in [1.807, 2.05) is 0 Å².